The fraction of sp³-hybridized carbons (Fsp3) is 0.500. The number of ether oxygens (including phenoxy) is 1. The summed E-state index contributed by atoms with van der Waals surface area (Å²) in [5.41, 5.74) is 1.46. The summed E-state index contributed by atoms with van der Waals surface area (Å²) in [6.45, 7) is 5.43. The quantitative estimate of drug-likeness (QED) is 0.556. The number of rotatable bonds is 7. The highest BCUT2D eigenvalue weighted by molar-refractivity contribution is 7.10. The van der Waals surface area contributed by atoms with Crippen LogP contribution < -0.4 is 10.6 Å². The molecule has 28 heavy (non-hydrogen) atoms. The Bertz CT molecular complexity index is 743. The summed E-state index contributed by atoms with van der Waals surface area (Å²) in [5, 5.41) is 9.25. The molecule has 2 aliphatic rings. The van der Waals surface area contributed by atoms with Crippen LogP contribution >= 0.6 is 11.3 Å². The van der Waals surface area contributed by atoms with Gasteiger partial charge in [-0.2, -0.15) is 0 Å². The first-order valence-corrected chi connectivity index (χ1v) is 11.1. The molecule has 0 spiro atoms. The third-order valence-electron chi connectivity index (χ3n) is 5.73. The maximum atomic E-state index is 5.54. The van der Waals surface area contributed by atoms with Crippen LogP contribution in [0.1, 0.15) is 28.8 Å². The third-order valence-corrected chi connectivity index (χ3v) is 6.70. The Morgan fingerprint density at radius 3 is 2.71 bits per heavy atom. The molecule has 1 aromatic heterocycles. The van der Waals surface area contributed by atoms with Crippen LogP contribution in [0.4, 0.5) is 0 Å². The van der Waals surface area contributed by atoms with Crippen LogP contribution in [0.25, 0.3) is 0 Å². The van der Waals surface area contributed by atoms with Gasteiger partial charge in [0.1, 0.15) is 0 Å². The van der Waals surface area contributed by atoms with Crippen LogP contribution in [0.2, 0.25) is 0 Å². The summed E-state index contributed by atoms with van der Waals surface area (Å²) < 4.78 is 5.54. The van der Waals surface area contributed by atoms with E-state index in [1.807, 2.05) is 18.4 Å². The highest BCUT2D eigenvalue weighted by Gasteiger charge is 2.37. The second-order valence-electron chi connectivity index (χ2n) is 7.53. The zero-order valence-electron chi connectivity index (χ0n) is 16.5. The molecule has 3 atom stereocenters. The molecule has 0 radical (unpaired) electrons. The molecule has 4 rings (SSSR count). The molecule has 1 aliphatic heterocycles. The van der Waals surface area contributed by atoms with Crippen LogP contribution in [0, 0.1) is 5.92 Å². The molecule has 6 heteroatoms. The lowest BCUT2D eigenvalue weighted by molar-refractivity contribution is 0.0177. The van der Waals surface area contributed by atoms with Crippen LogP contribution in [-0.2, 0) is 4.74 Å². The van der Waals surface area contributed by atoms with Crippen LogP contribution in [0.3, 0.4) is 0 Å². The molecule has 1 aromatic carbocycles. The molecular weight excluding hydrogens is 368 g/mol. The number of hydrogen-bond donors (Lipinski definition) is 2. The minimum atomic E-state index is 0.362. The van der Waals surface area contributed by atoms with E-state index in [2.05, 4.69) is 68.4 Å². The van der Waals surface area contributed by atoms with E-state index in [-0.39, 0.29) is 0 Å². The Labute approximate surface area is 171 Å². The van der Waals surface area contributed by atoms with Gasteiger partial charge in [-0.15, -0.1) is 11.3 Å². The van der Waals surface area contributed by atoms with E-state index < -0.39 is 0 Å². The topological polar surface area (TPSA) is 48.9 Å². The SMILES string of the molecule is CN=C(NCC1CC1c1ccccc1)NCC(c1cccs1)N1CCOCC1. The highest BCUT2D eigenvalue weighted by atomic mass is 32.1. The van der Waals surface area contributed by atoms with E-state index in [4.69, 9.17) is 4.74 Å². The van der Waals surface area contributed by atoms with Gasteiger partial charge in [0.05, 0.1) is 19.3 Å². The van der Waals surface area contributed by atoms with E-state index in [1.54, 1.807) is 0 Å². The number of nitrogens with one attached hydrogen (secondary N) is 2. The van der Waals surface area contributed by atoms with Gasteiger partial charge in [0.25, 0.3) is 0 Å². The fourth-order valence-corrected chi connectivity index (χ4v) is 4.86. The Hall–Kier alpha value is -1.89. The van der Waals surface area contributed by atoms with Gasteiger partial charge in [-0.05, 0) is 35.3 Å². The second kappa shape index (κ2) is 9.54. The van der Waals surface area contributed by atoms with Crippen molar-refractivity contribution in [3.05, 3.63) is 58.3 Å². The Morgan fingerprint density at radius 1 is 1.18 bits per heavy atom. The summed E-state index contributed by atoms with van der Waals surface area (Å²) >= 11 is 1.83. The van der Waals surface area contributed by atoms with Gasteiger partial charge in [0, 0.05) is 38.1 Å². The van der Waals surface area contributed by atoms with Gasteiger partial charge in [0.2, 0.25) is 0 Å². The molecular formula is C22H30N4OS. The predicted molar refractivity (Wildman–Crippen MR) is 116 cm³/mol. The van der Waals surface area contributed by atoms with Crippen molar-refractivity contribution in [1.29, 1.82) is 0 Å². The number of morpholine rings is 1. The van der Waals surface area contributed by atoms with Crippen molar-refractivity contribution in [2.75, 3.05) is 46.4 Å². The number of benzene rings is 1. The van der Waals surface area contributed by atoms with Crippen molar-refractivity contribution >= 4 is 17.3 Å². The van der Waals surface area contributed by atoms with E-state index in [1.165, 1.54) is 16.9 Å². The van der Waals surface area contributed by atoms with E-state index in [0.29, 0.717) is 17.9 Å². The number of guanidine groups is 1. The summed E-state index contributed by atoms with van der Waals surface area (Å²) in [6, 6.07) is 15.6. The van der Waals surface area contributed by atoms with Crippen LogP contribution in [-0.4, -0.2) is 57.3 Å². The summed E-state index contributed by atoms with van der Waals surface area (Å²) in [4.78, 5) is 8.35. The monoisotopic (exact) mass is 398 g/mol. The maximum Gasteiger partial charge on any atom is 0.191 e. The average molecular weight is 399 g/mol. The lowest BCUT2D eigenvalue weighted by Crippen LogP contribution is -2.46. The predicted octanol–water partition coefficient (Wildman–Crippen LogP) is 3.09. The molecule has 5 nitrogen and oxygen atoms in total. The van der Waals surface area contributed by atoms with Crippen molar-refractivity contribution in [3.8, 4) is 0 Å². The molecule has 150 valence electrons. The first kappa shape index (κ1) is 19.4. The molecule has 0 bridgehead atoms. The number of nitrogens with zero attached hydrogens (tertiary/aromatic N) is 2. The zero-order valence-corrected chi connectivity index (χ0v) is 17.3. The van der Waals surface area contributed by atoms with Gasteiger partial charge in [-0.1, -0.05) is 36.4 Å². The minimum absolute atomic E-state index is 0.362. The van der Waals surface area contributed by atoms with Gasteiger partial charge in [-0.25, -0.2) is 0 Å². The molecule has 2 heterocycles. The average Bonchev–Trinajstić information content (AvgIpc) is 3.34. The van der Waals surface area contributed by atoms with Crippen molar-refractivity contribution in [2.45, 2.75) is 18.4 Å². The molecule has 1 aliphatic carbocycles. The first-order chi connectivity index (χ1) is 13.8. The third kappa shape index (κ3) is 4.93. The van der Waals surface area contributed by atoms with Gasteiger partial charge in [0.15, 0.2) is 5.96 Å². The number of thiophene rings is 1. The van der Waals surface area contributed by atoms with E-state index in [9.17, 15) is 0 Å². The zero-order chi connectivity index (χ0) is 19.2. The van der Waals surface area contributed by atoms with Gasteiger partial charge >= 0.3 is 0 Å². The Balaban J connectivity index is 1.28. The molecule has 2 N–H and O–H groups in total. The highest BCUT2D eigenvalue weighted by Crippen LogP contribution is 2.46. The van der Waals surface area contributed by atoms with Crippen molar-refractivity contribution in [2.24, 2.45) is 10.9 Å². The molecule has 1 saturated heterocycles. The number of aliphatic imine (C=N–C) groups is 1. The van der Waals surface area contributed by atoms with Crippen LogP contribution in [0.15, 0.2) is 52.8 Å². The van der Waals surface area contributed by atoms with Crippen LogP contribution in [0.5, 0.6) is 0 Å². The van der Waals surface area contributed by atoms with Gasteiger partial charge in [-0.3, -0.25) is 9.89 Å². The first-order valence-electron chi connectivity index (χ1n) is 10.2. The molecule has 2 aromatic rings. The maximum absolute atomic E-state index is 5.54. The molecule has 3 unspecified atom stereocenters. The summed E-state index contributed by atoms with van der Waals surface area (Å²) in [7, 11) is 1.85. The van der Waals surface area contributed by atoms with Crippen molar-refractivity contribution in [3.63, 3.8) is 0 Å². The minimum Gasteiger partial charge on any atom is -0.379 e. The summed E-state index contributed by atoms with van der Waals surface area (Å²) in [6.07, 6.45) is 1.26. The molecule has 2 fully saturated rings. The fourth-order valence-electron chi connectivity index (χ4n) is 4.00. The standard InChI is InChI=1S/C22H30N4OS/c1-23-22(24-15-18-14-19(18)17-6-3-2-4-7-17)25-16-20(21-8-5-13-28-21)26-9-11-27-12-10-26/h2-8,13,18-20H,9-12,14-16H2,1H3,(H2,23,24,25). The molecule has 0 amide bonds. The van der Waals surface area contributed by atoms with Crippen molar-refractivity contribution < 1.29 is 4.74 Å². The smallest absolute Gasteiger partial charge is 0.191 e. The molecule has 1 saturated carbocycles. The normalized spacial score (nSPS) is 24.0. The largest absolute Gasteiger partial charge is 0.379 e. The Morgan fingerprint density at radius 2 is 2.00 bits per heavy atom. The Kier molecular flexibility index (Phi) is 6.62. The number of hydrogen-bond acceptors (Lipinski definition) is 4. The van der Waals surface area contributed by atoms with E-state index in [0.717, 1.165) is 45.4 Å². The second-order valence-corrected chi connectivity index (χ2v) is 8.51. The van der Waals surface area contributed by atoms with E-state index >= 15 is 0 Å². The summed E-state index contributed by atoms with van der Waals surface area (Å²) in [5.74, 6) is 2.29. The lowest BCUT2D eigenvalue weighted by atomic mass is 10.1. The van der Waals surface area contributed by atoms with Crippen molar-refractivity contribution in [1.82, 2.24) is 15.5 Å². The lowest BCUT2D eigenvalue weighted by Gasteiger charge is -2.34. The van der Waals surface area contributed by atoms with Gasteiger partial charge < -0.3 is 15.4 Å².